The van der Waals surface area contributed by atoms with Crippen LogP contribution in [0.15, 0.2) is 59.5 Å². The van der Waals surface area contributed by atoms with Gasteiger partial charge in [0.2, 0.25) is 0 Å². The third-order valence-corrected chi connectivity index (χ3v) is 3.34. The molecule has 0 fully saturated rings. The molecular formula is C15H13NOS. The third-order valence-electron chi connectivity index (χ3n) is 2.36. The molecule has 0 bridgehead atoms. The Morgan fingerprint density at radius 3 is 2.50 bits per heavy atom. The van der Waals surface area contributed by atoms with Gasteiger partial charge in [0.15, 0.2) is 0 Å². The minimum Gasteiger partial charge on any atom is -0.491 e. The van der Waals surface area contributed by atoms with Gasteiger partial charge in [0.1, 0.15) is 11.8 Å². The Hall–Kier alpha value is -1.92. The highest BCUT2D eigenvalue weighted by Crippen LogP contribution is 2.19. The minimum atomic E-state index is 0.585. The van der Waals surface area contributed by atoms with Crippen LogP contribution in [0.4, 0.5) is 0 Å². The summed E-state index contributed by atoms with van der Waals surface area (Å²) in [5, 5.41) is 8.92. The van der Waals surface area contributed by atoms with E-state index in [0.29, 0.717) is 17.9 Å². The maximum Gasteiger partial charge on any atom is 0.137 e. The van der Waals surface area contributed by atoms with E-state index in [2.05, 4.69) is 18.2 Å². The van der Waals surface area contributed by atoms with E-state index in [0.717, 1.165) is 5.75 Å². The van der Waals surface area contributed by atoms with Crippen LogP contribution in [0.3, 0.4) is 0 Å². The molecule has 18 heavy (non-hydrogen) atoms. The van der Waals surface area contributed by atoms with Crippen LogP contribution < -0.4 is 4.74 Å². The largest absolute Gasteiger partial charge is 0.491 e. The van der Waals surface area contributed by atoms with E-state index in [1.807, 2.05) is 36.4 Å². The monoisotopic (exact) mass is 255 g/mol. The van der Waals surface area contributed by atoms with E-state index in [-0.39, 0.29) is 0 Å². The fraction of sp³-hybridized carbons (Fsp3) is 0.133. The van der Waals surface area contributed by atoms with Gasteiger partial charge in [0.05, 0.1) is 12.2 Å². The molecule has 0 aliphatic heterocycles. The second kappa shape index (κ2) is 6.73. The molecule has 2 aromatic carbocycles. The third kappa shape index (κ3) is 3.54. The van der Waals surface area contributed by atoms with Crippen LogP contribution in [-0.4, -0.2) is 12.4 Å². The van der Waals surface area contributed by atoms with Crippen molar-refractivity contribution in [3.63, 3.8) is 0 Å². The first-order valence-corrected chi connectivity index (χ1v) is 6.68. The molecule has 0 saturated heterocycles. The molecule has 2 aromatic rings. The number of hydrogen-bond donors (Lipinski definition) is 0. The lowest BCUT2D eigenvalue weighted by molar-refractivity contribution is 0.343. The van der Waals surface area contributed by atoms with Gasteiger partial charge in [-0.15, -0.1) is 11.8 Å². The predicted molar refractivity (Wildman–Crippen MR) is 73.8 cm³/mol. The minimum absolute atomic E-state index is 0.585. The Bertz CT molecular complexity index is 534. The standard InChI is InChI=1S/C15H13NOS/c16-12-13-6-4-5-9-15(13)17-10-11-18-14-7-2-1-3-8-14/h1-9H,10-11H2. The first-order valence-electron chi connectivity index (χ1n) is 5.70. The van der Waals surface area contributed by atoms with Crippen molar-refractivity contribution < 1.29 is 4.74 Å². The average molecular weight is 255 g/mol. The van der Waals surface area contributed by atoms with Crippen LogP contribution in [0.25, 0.3) is 0 Å². The smallest absolute Gasteiger partial charge is 0.137 e. The molecule has 0 aliphatic rings. The molecule has 90 valence electrons. The summed E-state index contributed by atoms with van der Waals surface area (Å²) in [6, 6.07) is 19.6. The van der Waals surface area contributed by atoms with Gasteiger partial charge in [-0.3, -0.25) is 0 Å². The summed E-state index contributed by atoms with van der Waals surface area (Å²) in [5.74, 6) is 1.53. The quantitative estimate of drug-likeness (QED) is 0.603. The molecule has 0 heterocycles. The zero-order chi connectivity index (χ0) is 12.6. The van der Waals surface area contributed by atoms with Gasteiger partial charge >= 0.3 is 0 Å². The van der Waals surface area contributed by atoms with Gasteiger partial charge < -0.3 is 4.74 Å². The molecule has 0 unspecified atom stereocenters. The number of ether oxygens (including phenoxy) is 1. The van der Waals surface area contributed by atoms with Crippen molar-refractivity contribution in [1.82, 2.24) is 0 Å². The summed E-state index contributed by atoms with van der Waals surface area (Å²) in [4.78, 5) is 1.23. The number of nitriles is 1. The Kier molecular flexibility index (Phi) is 4.68. The molecule has 0 radical (unpaired) electrons. The lowest BCUT2D eigenvalue weighted by atomic mass is 10.2. The highest BCUT2D eigenvalue weighted by Gasteiger charge is 2.01. The molecule has 3 heteroatoms. The van der Waals surface area contributed by atoms with Gasteiger partial charge in [-0.1, -0.05) is 30.3 Å². The van der Waals surface area contributed by atoms with Crippen molar-refractivity contribution in [1.29, 1.82) is 5.26 Å². The van der Waals surface area contributed by atoms with Crippen molar-refractivity contribution in [3.05, 3.63) is 60.2 Å². The number of benzene rings is 2. The van der Waals surface area contributed by atoms with Crippen LogP contribution in [0.1, 0.15) is 5.56 Å². The molecule has 0 N–H and O–H groups in total. The first-order chi connectivity index (χ1) is 8.90. The highest BCUT2D eigenvalue weighted by molar-refractivity contribution is 7.99. The molecule has 0 atom stereocenters. The molecule has 0 saturated carbocycles. The van der Waals surface area contributed by atoms with Crippen molar-refractivity contribution in [2.24, 2.45) is 0 Å². The number of para-hydroxylation sites is 1. The zero-order valence-electron chi connectivity index (χ0n) is 9.87. The average Bonchev–Trinajstić information content (AvgIpc) is 2.45. The van der Waals surface area contributed by atoms with Crippen LogP contribution in [-0.2, 0) is 0 Å². The van der Waals surface area contributed by atoms with Crippen molar-refractivity contribution >= 4 is 11.8 Å². The van der Waals surface area contributed by atoms with Crippen LogP contribution in [0.5, 0.6) is 5.75 Å². The molecule has 2 nitrogen and oxygen atoms in total. The number of thioether (sulfide) groups is 1. The Morgan fingerprint density at radius 1 is 1.00 bits per heavy atom. The van der Waals surface area contributed by atoms with Crippen molar-refractivity contribution in [2.45, 2.75) is 4.90 Å². The molecule has 0 aromatic heterocycles. The molecule has 0 amide bonds. The van der Waals surface area contributed by atoms with E-state index >= 15 is 0 Å². The molecule has 0 spiro atoms. The van der Waals surface area contributed by atoms with E-state index < -0.39 is 0 Å². The first kappa shape index (κ1) is 12.5. The Morgan fingerprint density at radius 2 is 1.72 bits per heavy atom. The normalized spacial score (nSPS) is 9.72. The summed E-state index contributed by atoms with van der Waals surface area (Å²) in [7, 11) is 0. The SMILES string of the molecule is N#Cc1ccccc1OCCSc1ccccc1. The van der Waals surface area contributed by atoms with Gasteiger partial charge in [-0.2, -0.15) is 5.26 Å². The van der Waals surface area contributed by atoms with Gasteiger partial charge in [0.25, 0.3) is 0 Å². The second-order valence-corrected chi connectivity index (χ2v) is 4.79. The van der Waals surface area contributed by atoms with E-state index in [9.17, 15) is 0 Å². The summed E-state index contributed by atoms with van der Waals surface area (Å²) in [5.41, 5.74) is 0.585. The maximum absolute atomic E-state index is 8.92. The Labute approximate surface area is 111 Å². The van der Waals surface area contributed by atoms with Crippen LogP contribution in [0.2, 0.25) is 0 Å². The van der Waals surface area contributed by atoms with Crippen molar-refractivity contribution in [2.75, 3.05) is 12.4 Å². The second-order valence-electron chi connectivity index (χ2n) is 3.62. The number of rotatable bonds is 5. The molecule has 0 aliphatic carbocycles. The van der Waals surface area contributed by atoms with Gasteiger partial charge in [0, 0.05) is 10.6 Å². The Balaban J connectivity index is 1.81. The van der Waals surface area contributed by atoms with E-state index in [4.69, 9.17) is 10.00 Å². The van der Waals surface area contributed by atoms with Crippen molar-refractivity contribution in [3.8, 4) is 11.8 Å². The summed E-state index contributed by atoms with van der Waals surface area (Å²) in [6.07, 6.45) is 0. The lowest BCUT2D eigenvalue weighted by Gasteiger charge is -2.07. The topological polar surface area (TPSA) is 33.0 Å². The van der Waals surface area contributed by atoms with Gasteiger partial charge in [-0.05, 0) is 24.3 Å². The summed E-state index contributed by atoms with van der Waals surface area (Å²) >= 11 is 1.75. The number of nitrogens with zero attached hydrogens (tertiary/aromatic N) is 1. The molecule has 2 rings (SSSR count). The van der Waals surface area contributed by atoms with Gasteiger partial charge in [-0.25, -0.2) is 0 Å². The highest BCUT2D eigenvalue weighted by atomic mass is 32.2. The fourth-order valence-electron chi connectivity index (χ4n) is 1.51. The maximum atomic E-state index is 8.92. The fourth-order valence-corrected chi connectivity index (χ4v) is 2.26. The predicted octanol–water partition coefficient (Wildman–Crippen LogP) is 3.73. The van der Waals surface area contributed by atoms with Crippen LogP contribution >= 0.6 is 11.8 Å². The summed E-state index contributed by atoms with van der Waals surface area (Å²) in [6.45, 7) is 0.595. The number of hydrogen-bond acceptors (Lipinski definition) is 3. The van der Waals surface area contributed by atoms with E-state index in [1.165, 1.54) is 4.90 Å². The lowest BCUT2D eigenvalue weighted by Crippen LogP contribution is -2.01. The molecular weight excluding hydrogens is 242 g/mol. The summed E-state index contributed by atoms with van der Waals surface area (Å²) < 4.78 is 5.61. The van der Waals surface area contributed by atoms with Crippen LogP contribution in [0, 0.1) is 11.3 Å². The van der Waals surface area contributed by atoms with E-state index in [1.54, 1.807) is 17.8 Å². The zero-order valence-corrected chi connectivity index (χ0v) is 10.7.